The Balaban J connectivity index is 1.78. The van der Waals surface area contributed by atoms with Gasteiger partial charge in [-0.15, -0.1) is 11.3 Å². The minimum absolute atomic E-state index is 0.0910. The topological polar surface area (TPSA) is 64.4 Å². The number of nitrogens with one attached hydrogen (secondary N) is 1. The van der Waals surface area contributed by atoms with Crippen molar-refractivity contribution in [2.75, 3.05) is 25.5 Å². The van der Waals surface area contributed by atoms with Gasteiger partial charge in [0.05, 0.1) is 12.3 Å². The lowest BCUT2D eigenvalue weighted by Gasteiger charge is -2.08. The normalized spacial score (nSPS) is 18.6. The van der Waals surface area contributed by atoms with Crippen molar-refractivity contribution in [3.63, 3.8) is 0 Å². The number of amides is 1. The van der Waals surface area contributed by atoms with E-state index >= 15 is 0 Å². The van der Waals surface area contributed by atoms with Gasteiger partial charge in [0.1, 0.15) is 4.88 Å². The molecule has 1 aromatic carbocycles. The Morgan fingerprint density at radius 1 is 1.55 bits per heavy atom. The van der Waals surface area contributed by atoms with Crippen LogP contribution in [-0.4, -0.2) is 25.7 Å². The third-order valence-corrected chi connectivity index (χ3v) is 5.15. The molecule has 1 unspecified atom stereocenters. The Labute approximate surface area is 129 Å². The Morgan fingerprint density at radius 2 is 2.40 bits per heavy atom. The van der Waals surface area contributed by atoms with Crippen LogP contribution in [0.2, 0.25) is 0 Å². The Kier molecular flexibility index (Phi) is 3.96. The van der Waals surface area contributed by atoms with Gasteiger partial charge in [0.25, 0.3) is 5.91 Å². The van der Waals surface area contributed by atoms with E-state index < -0.39 is 0 Å². The van der Waals surface area contributed by atoms with Gasteiger partial charge >= 0.3 is 0 Å². The van der Waals surface area contributed by atoms with E-state index in [2.05, 4.69) is 21.2 Å². The van der Waals surface area contributed by atoms with Crippen LogP contribution in [0.15, 0.2) is 22.7 Å². The van der Waals surface area contributed by atoms with Crippen molar-refractivity contribution >= 4 is 48.9 Å². The molecule has 0 aliphatic carbocycles. The first-order chi connectivity index (χ1) is 9.65. The van der Waals surface area contributed by atoms with Gasteiger partial charge in [0, 0.05) is 33.6 Å². The second-order valence-electron chi connectivity index (χ2n) is 4.92. The van der Waals surface area contributed by atoms with Crippen LogP contribution in [0.25, 0.3) is 10.1 Å². The summed E-state index contributed by atoms with van der Waals surface area (Å²) in [6, 6.07) is 5.88. The predicted octanol–water partition coefficient (Wildman–Crippen LogP) is 3.01. The Morgan fingerprint density at radius 3 is 3.15 bits per heavy atom. The lowest BCUT2D eigenvalue weighted by molar-refractivity contribution is 0.0950. The summed E-state index contributed by atoms with van der Waals surface area (Å²) in [5.74, 6) is 0.329. The van der Waals surface area contributed by atoms with Crippen molar-refractivity contribution in [3.05, 3.63) is 27.5 Å². The third-order valence-electron chi connectivity index (χ3n) is 3.47. The number of benzene rings is 1. The number of carbonyl (C=O) groups excluding carboxylic acids is 1. The van der Waals surface area contributed by atoms with Gasteiger partial charge in [-0.25, -0.2) is 0 Å². The highest BCUT2D eigenvalue weighted by Crippen LogP contribution is 2.35. The smallest absolute Gasteiger partial charge is 0.263 e. The number of anilines is 1. The summed E-state index contributed by atoms with van der Waals surface area (Å²) in [4.78, 5) is 12.8. The molecule has 3 rings (SSSR count). The molecule has 4 nitrogen and oxygen atoms in total. The highest BCUT2D eigenvalue weighted by Gasteiger charge is 2.20. The SMILES string of the molecule is Nc1c(C(=O)NCC2CCOC2)sc2ccc(Br)cc12. The molecule has 0 bridgehead atoms. The maximum atomic E-state index is 12.2. The lowest BCUT2D eigenvalue weighted by Crippen LogP contribution is -2.29. The Hall–Kier alpha value is -1.11. The summed E-state index contributed by atoms with van der Waals surface area (Å²) < 4.78 is 7.29. The molecular weight excluding hydrogens is 340 g/mol. The Bertz CT molecular complexity index is 650. The zero-order chi connectivity index (χ0) is 14.1. The number of nitrogen functional groups attached to an aromatic ring is 1. The predicted molar refractivity (Wildman–Crippen MR) is 85.2 cm³/mol. The van der Waals surface area contributed by atoms with Gasteiger partial charge in [-0.3, -0.25) is 4.79 Å². The summed E-state index contributed by atoms with van der Waals surface area (Å²) in [5.41, 5.74) is 6.66. The number of carbonyl (C=O) groups is 1. The van der Waals surface area contributed by atoms with E-state index in [-0.39, 0.29) is 5.91 Å². The van der Waals surface area contributed by atoms with Gasteiger partial charge in [-0.2, -0.15) is 0 Å². The summed E-state index contributed by atoms with van der Waals surface area (Å²) in [5, 5.41) is 3.89. The molecule has 1 aliphatic rings. The number of nitrogens with two attached hydrogens (primary N) is 1. The van der Waals surface area contributed by atoms with Crippen molar-refractivity contribution < 1.29 is 9.53 Å². The molecule has 6 heteroatoms. The molecule has 1 amide bonds. The number of fused-ring (bicyclic) bond motifs is 1. The largest absolute Gasteiger partial charge is 0.397 e. The first-order valence-electron chi connectivity index (χ1n) is 6.48. The van der Waals surface area contributed by atoms with Crippen LogP contribution in [0.3, 0.4) is 0 Å². The lowest BCUT2D eigenvalue weighted by atomic mass is 10.1. The quantitative estimate of drug-likeness (QED) is 0.890. The van der Waals surface area contributed by atoms with Gasteiger partial charge in [0.2, 0.25) is 0 Å². The molecule has 1 atom stereocenters. The monoisotopic (exact) mass is 354 g/mol. The average Bonchev–Trinajstić information content (AvgIpc) is 3.05. The zero-order valence-corrected chi connectivity index (χ0v) is 13.2. The van der Waals surface area contributed by atoms with Crippen molar-refractivity contribution in [1.82, 2.24) is 5.32 Å². The molecular formula is C14H15BrN2O2S. The summed E-state index contributed by atoms with van der Waals surface area (Å²) in [6.45, 7) is 2.17. The third kappa shape index (κ3) is 2.68. The molecule has 0 saturated carbocycles. The molecule has 0 spiro atoms. The second kappa shape index (κ2) is 5.71. The highest BCUT2D eigenvalue weighted by molar-refractivity contribution is 9.10. The van der Waals surface area contributed by atoms with Crippen molar-refractivity contribution in [3.8, 4) is 0 Å². The number of hydrogen-bond donors (Lipinski definition) is 2. The van der Waals surface area contributed by atoms with E-state index in [1.54, 1.807) is 0 Å². The van der Waals surface area contributed by atoms with Crippen LogP contribution < -0.4 is 11.1 Å². The average molecular weight is 355 g/mol. The summed E-state index contributed by atoms with van der Waals surface area (Å²) >= 11 is 4.86. The molecule has 0 radical (unpaired) electrons. The minimum Gasteiger partial charge on any atom is -0.397 e. The zero-order valence-electron chi connectivity index (χ0n) is 10.8. The van der Waals surface area contributed by atoms with Gasteiger partial charge in [0.15, 0.2) is 0 Å². The maximum absolute atomic E-state index is 12.2. The van der Waals surface area contributed by atoms with Crippen LogP contribution in [0, 0.1) is 5.92 Å². The van der Waals surface area contributed by atoms with Crippen LogP contribution >= 0.6 is 27.3 Å². The van der Waals surface area contributed by atoms with Crippen LogP contribution in [-0.2, 0) is 4.74 Å². The van der Waals surface area contributed by atoms with Crippen molar-refractivity contribution in [2.24, 2.45) is 5.92 Å². The second-order valence-corrected chi connectivity index (χ2v) is 6.89. The molecule has 3 N–H and O–H groups in total. The molecule has 1 aromatic heterocycles. The van der Waals surface area contributed by atoms with E-state index in [0.29, 0.717) is 23.0 Å². The fourth-order valence-corrected chi connectivity index (χ4v) is 3.70. The summed E-state index contributed by atoms with van der Waals surface area (Å²) in [6.07, 6.45) is 1.01. The van der Waals surface area contributed by atoms with E-state index in [1.807, 2.05) is 18.2 Å². The molecule has 1 fully saturated rings. The first-order valence-corrected chi connectivity index (χ1v) is 8.09. The van der Waals surface area contributed by atoms with Gasteiger partial charge < -0.3 is 15.8 Å². The molecule has 1 saturated heterocycles. The van der Waals surface area contributed by atoms with Crippen molar-refractivity contribution in [2.45, 2.75) is 6.42 Å². The van der Waals surface area contributed by atoms with E-state index in [0.717, 1.165) is 34.2 Å². The summed E-state index contributed by atoms with van der Waals surface area (Å²) in [7, 11) is 0. The van der Waals surface area contributed by atoms with E-state index in [1.165, 1.54) is 11.3 Å². The number of ether oxygens (including phenoxy) is 1. The molecule has 2 heterocycles. The van der Waals surface area contributed by atoms with Crippen molar-refractivity contribution in [1.29, 1.82) is 0 Å². The van der Waals surface area contributed by atoms with E-state index in [9.17, 15) is 4.79 Å². The first kappa shape index (κ1) is 13.9. The molecule has 20 heavy (non-hydrogen) atoms. The maximum Gasteiger partial charge on any atom is 0.263 e. The standard InChI is InChI=1S/C14H15BrN2O2S/c15-9-1-2-11-10(5-9)12(16)13(20-11)14(18)17-6-8-3-4-19-7-8/h1-2,5,8H,3-4,6-7,16H2,(H,17,18). The van der Waals surface area contributed by atoms with Crippen LogP contribution in [0.1, 0.15) is 16.1 Å². The number of hydrogen-bond acceptors (Lipinski definition) is 4. The molecule has 2 aromatic rings. The van der Waals surface area contributed by atoms with Gasteiger partial charge in [-0.05, 0) is 24.6 Å². The van der Waals surface area contributed by atoms with E-state index in [4.69, 9.17) is 10.5 Å². The molecule has 106 valence electrons. The number of halogens is 1. The number of rotatable bonds is 3. The highest BCUT2D eigenvalue weighted by atomic mass is 79.9. The number of thiophene rings is 1. The van der Waals surface area contributed by atoms with Crippen LogP contribution in [0.5, 0.6) is 0 Å². The minimum atomic E-state index is -0.0910. The fraction of sp³-hybridized carbons (Fsp3) is 0.357. The fourth-order valence-electron chi connectivity index (χ4n) is 2.32. The molecule has 1 aliphatic heterocycles. The van der Waals surface area contributed by atoms with Gasteiger partial charge in [-0.1, -0.05) is 15.9 Å². The van der Waals surface area contributed by atoms with Crippen LogP contribution in [0.4, 0.5) is 5.69 Å².